The molecule has 1 aromatic heterocycles. The molecule has 4 nitrogen and oxygen atoms in total. The van der Waals surface area contributed by atoms with E-state index in [-0.39, 0.29) is 16.9 Å². The summed E-state index contributed by atoms with van der Waals surface area (Å²) in [4.78, 5) is 30.7. The molecule has 138 valence electrons. The Morgan fingerprint density at radius 3 is 2.37 bits per heavy atom. The molecular weight excluding hydrogens is 360 g/mol. The lowest BCUT2D eigenvalue weighted by Crippen LogP contribution is -2.35. The van der Waals surface area contributed by atoms with Crippen molar-refractivity contribution in [2.75, 3.05) is 4.90 Å². The fourth-order valence-corrected chi connectivity index (χ4v) is 3.29. The number of pyridine rings is 1. The number of para-hydroxylation sites is 1. The van der Waals surface area contributed by atoms with Crippen LogP contribution in [0.15, 0.2) is 65.5 Å². The fourth-order valence-electron chi connectivity index (χ4n) is 3.05. The number of carbonyl (C=O) groups is 1. The zero-order chi connectivity index (χ0) is 19.4. The molecule has 1 N–H and O–H groups in total. The van der Waals surface area contributed by atoms with E-state index >= 15 is 0 Å². The Hall–Kier alpha value is -2.85. The lowest BCUT2D eigenvalue weighted by Gasteiger charge is -2.24. The monoisotopic (exact) mass is 380 g/mol. The Kier molecular flexibility index (Phi) is 5.77. The second kappa shape index (κ2) is 8.23. The first-order valence-corrected chi connectivity index (χ1v) is 9.22. The van der Waals surface area contributed by atoms with Crippen LogP contribution in [0.3, 0.4) is 0 Å². The summed E-state index contributed by atoms with van der Waals surface area (Å²) in [6, 6.07) is 18.3. The number of aryl methyl sites for hydroxylation is 2. The normalized spacial score (nSPS) is 10.6. The summed E-state index contributed by atoms with van der Waals surface area (Å²) < 4.78 is 0. The van der Waals surface area contributed by atoms with Gasteiger partial charge in [-0.2, -0.15) is 0 Å². The minimum absolute atomic E-state index is 0.142. The van der Waals surface area contributed by atoms with Crippen LogP contribution in [0.2, 0.25) is 5.02 Å². The largest absolute Gasteiger partial charge is 0.362 e. The maximum atomic E-state index is 13.4. The molecule has 3 rings (SSSR count). The van der Waals surface area contributed by atoms with Gasteiger partial charge < -0.3 is 9.88 Å². The predicted molar refractivity (Wildman–Crippen MR) is 110 cm³/mol. The summed E-state index contributed by atoms with van der Waals surface area (Å²) >= 11 is 6.36. The van der Waals surface area contributed by atoms with Gasteiger partial charge in [0.1, 0.15) is 5.56 Å². The number of rotatable bonds is 5. The molecule has 0 aliphatic carbocycles. The predicted octanol–water partition coefficient (Wildman–Crippen LogP) is 4.75. The van der Waals surface area contributed by atoms with Gasteiger partial charge in [-0.3, -0.25) is 9.59 Å². The first kappa shape index (κ1) is 18.9. The molecule has 0 aliphatic heterocycles. The van der Waals surface area contributed by atoms with E-state index in [9.17, 15) is 9.59 Å². The van der Waals surface area contributed by atoms with Gasteiger partial charge in [0.25, 0.3) is 5.91 Å². The number of aromatic amines is 1. The minimum atomic E-state index is -0.367. The summed E-state index contributed by atoms with van der Waals surface area (Å²) in [6.45, 7) is 4.02. The van der Waals surface area contributed by atoms with E-state index in [0.717, 1.165) is 11.3 Å². The molecule has 5 heteroatoms. The van der Waals surface area contributed by atoms with E-state index in [1.54, 1.807) is 24.0 Å². The molecule has 1 amide bonds. The molecule has 0 radical (unpaired) electrons. The smallest absolute Gasteiger partial charge is 0.264 e. The highest BCUT2D eigenvalue weighted by Gasteiger charge is 2.24. The zero-order valence-corrected chi connectivity index (χ0v) is 16.1. The average molecular weight is 381 g/mol. The van der Waals surface area contributed by atoms with Gasteiger partial charge in [0.15, 0.2) is 5.43 Å². The van der Waals surface area contributed by atoms with Crippen LogP contribution in [0.5, 0.6) is 0 Å². The first-order valence-electron chi connectivity index (χ1n) is 8.84. The molecule has 0 saturated heterocycles. The van der Waals surface area contributed by atoms with Gasteiger partial charge in [0.05, 0.1) is 17.3 Å². The summed E-state index contributed by atoms with van der Waals surface area (Å²) in [5.41, 5.74) is 2.76. The Bertz CT molecular complexity index is 1010. The highest BCUT2D eigenvalue weighted by Crippen LogP contribution is 2.28. The van der Waals surface area contributed by atoms with Gasteiger partial charge in [0, 0.05) is 17.5 Å². The highest BCUT2D eigenvalue weighted by molar-refractivity contribution is 6.34. The van der Waals surface area contributed by atoms with Crippen molar-refractivity contribution >= 4 is 23.2 Å². The molecule has 27 heavy (non-hydrogen) atoms. The summed E-state index contributed by atoms with van der Waals surface area (Å²) in [7, 11) is 0. The van der Waals surface area contributed by atoms with Gasteiger partial charge in [-0.25, -0.2) is 0 Å². The molecule has 0 spiro atoms. The van der Waals surface area contributed by atoms with Crippen molar-refractivity contribution < 1.29 is 4.79 Å². The first-order chi connectivity index (χ1) is 13.0. The van der Waals surface area contributed by atoms with E-state index in [4.69, 9.17) is 11.6 Å². The molecule has 0 unspecified atom stereocenters. The van der Waals surface area contributed by atoms with Gasteiger partial charge in [-0.1, -0.05) is 61.0 Å². The number of benzene rings is 2. The number of nitrogens with zero attached hydrogens (tertiary/aromatic N) is 1. The van der Waals surface area contributed by atoms with Crippen LogP contribution in [0.4, 0.5) is 5.69 Å². The van der Waals surface area contributed by atoms with Crippen molar-refractivity contribution in [1.82, 2.24) is 4.98 Å². The maximum Gasteiger partial charge on any atom is 0.264 e. The maximum absolute atomic E-state index is 13.4. The van der Waals surface area contributed by atoms with Crippen LogP contribution in [-0.4, -0.2) is 10.9 Å². The van der Waals surface area contributed by atoms with Crippen molar-refractivity contribution in [3.63, 3.8) is 0 Å². The number of anilines is 1. The third-order valence-electron chi connectivity index (χ3n) is 4.44. The van der Waals surface area contributed by atoms with Crippen molar-refractivity contribution in [1.29, 1.82) is 0 Å². The summed E-state index contributed by atoms with van der Waals surface area (Å²) in [5.74, 6) is -0.367. The molecule has 0 bridgehead atoms. The van der Waals surface area contributed by atoms with Crippen molar-refractivity contribution in [3.8, 4) is 0 Å². The lowest BCUT2D eigenvalue weighted by molar-refractivity contribution is 0.0983. The number of H-pyrrole nitrogens is 1. The Labute approximate surface area is 163 Å². The Morgan fingerprint density at radius 1 is 1.07 bits per heavy atom. The highest BCUT2D eigenvalue weighted by atomic mass is 35.5. The number of hydrogen-bond donors (Lipinski definition) is 1. The Balaban J connectivity index is 2.09. The van der Waals surface area contributed by atoms with E-state index in [0.29, 0.717) is 29.4 Å². The summed E-state index contributed by atoms with van der Waals surface area (Å²) in [5, 5.41) is 0.459. The van der Waals surface area contributed by atoms with Crippen LogP contribution in [0.25, 0.3) is 0 Å². The second-order valence-electron chi connectivity index (χ2n) is 6.34. The van der Waals surface area contributed by atoms with Crippen LogP contribution in [0, 0.1) is 6.92 Å². The minimum Gasteiger partial charge on any atom is -0.362 e. The summed E-state index contributed by atoms with van der Waals surface area (Å²) in [6.07, 6.45) is 0.697. The standard InChI is InChI=1S/C22H21ClN2O2/c1-3-17-13-20(26)21(15(2)24-17)22(27)25(14-16-9-5-4-6-10-16)19-12-8-7-11-18(19)23/h4-13H,3,14H2,1-2H3,(H,24,26). The van der Waals surface area contributed by atoms with Crippen LogP contribution in [0.1, 0.15) is 34.2 Å². The molecule has 0 aliphatic rings. The number of amides is 1. The van der Waals surface area contributed by atoms with E-state index in [2.05, 4.69) is 4.98 Å². The van der Waals surface area contributed by atoms with E-state index < -0.39 is 0 Å². The zero-order valence-electron chi connectivity index (χ0n) is 15.3. The van der Waals surface area contributed by atoms with Crippen LogP contribution in [-0.2, 0) is 13.0 Å². The number of aromatic nitrogens is 1. The van der Waals surface area contributed by atoms with E-state index in [1.807, 2.05) is 49.4 Å². The van der Waals surface area contributed by atoms with Crippen molar-refractivity contribution in [2.45, 2.75) is 26.8 Å². The van der Waals surface area contributed by atoms with E-state index in [1.165, 1.54) is 6.07 Å². The third-order valence-corrected chi connectivity index (χ3v) is 4.76. The van der Waals surface area contributed by atoms with Gasteiger partial charge in [-0.05, 0) is 31.0 Å². The third kappa shape index (κ3) is 4.12. The lowest BCUT2D eigenvalue weighted by atomic mass is 10.1. The Morgan fingerprint density at radius 2 is 1.74 bits per heavy atom. The molecule has 1 heterocycles. The second-order valence-corrected chi connectivity index (χ2v) is 6.75. The molecule has 3 aromatic rings. The number of nitrogens with one attached hydrogen (secondary N) is 1. The van der Waals surface area contributed by atoms with Gasteiger partial charge in [0.2, 0.25) is 0 Å². The number of halogens is 1. The molecule has 0 saturated carbocycles. The molecule has 2 aromatic carbocycles. The topological polar surface area (TPSA) is 53.2 Å². The van der Waals surface area contributed by atoms with Gasteiger partial charge >= 0.3 is 0 Å². The number of hydrogen-bond acceptors (Lipinski definition) is 2. The number of carbonyl (C=O) groups excluding carboxylic acids is 1. The molecule has 0 fully saturated rings. The van der Waals surface area contributed by atoms with Crippen molar-refractivity contribution in [2.24, 2.45) is 0 Å². The molecular formula is C22H21ClN2O2. The fraction of sp³-hybridized carbons (Fsp3) is 0.182. The van der Waals surface area contributed by atoms with Crippen molar-refractivity contribution in [3.05, 3.63) is 98.4 Å². The quantitative estimate of drug-likeness (QED) is 0.694. The van der Waals surface area contributed by atoms with Crippen LogP contribution >= 0.6 is 11.6 Å². The SMILES string of the molecule is CCc1cc(=O)c(C(=O)N(Cc2ccccc2)c2ccccc2Cl)c(C)[nH]1. The van der Waals surface area contributed by atoms with Gasteiger partial charge in [-0.15, -0.1) is 0 Å². The average Bonchev–Trinajstić information content (AvgIpc) is 2.67. The molecule has 0 atom stereocenters. The van der Waals surface area contributed by atoms with Crippen LogP contribution < -0.4 is 10.3 Å².